The van der Waals surface area contributed by atoms with Crippen molar-refractivity contribution >= 4 is 0 Å². The molecule has 1 aromatic heterocycles. The second-order valence-electron chi connectivity index (χ2n) is 2.75. The minimum Gasteiger partial charge on any atom is -0.481 e. The number of hydrogen-bond donors (Lipinski definition) is 1. The molecule has 0 aliphatic rings. The zero-order valence-electron chi connectivity index (χ0n) is 7.97. The molecule has 0 amide bonds. The van der Waals surface area contributed by atoms with Gasteiger partial charge in [0.1, 0.15) is 0 Å². The normalized spacial score (nSPS) is 9.58. The summed E-state index contributed by atoms with van der Waals surface area (Å²) < 4.78 is 0. The molecule has 0 unspecified atom stereocenters. The fraction of sp³-hybridized carbons (Fsp3) is 0.600. The number of nitrogens with one attached hydrogen (secondary N) is 1. The van der Waals surface area contributed by atoms with Crippen LogP contribution >= 0.6 is 0 Å². The molecule has 0 aliphatic carbocycles. The van der Waals surface area contributed by atoms with Crippen LogP contribution in [0.2, 0.25) is 0 Å². The van der Waals surface area contributed by atoms with Gasteiger partial charge in [-0.25, -0.2) is 0 Å². The molecule has 0 atom stereocenters. The molecule has 69 valence electrons. The molecule has 0 saturated carbocycles. The molecule has 1 aromatic rings. The van der Waals surface area contributed by atoms with Gasteiger partial charge < -0.3 is 4.98 Å². The fourth-order valence-electron chi connectivity index (χ4n) is 1.51. The van der Waals surface area contributed by atoms with E-state index in [1.807, 2.05) is 0 Å². The molecule has 12 heavy (non-hydrogen) atoms. The van der Waals surface area contributed by atoms with E-state index in [4.69, 9.17) is 0 Å². The number of aromatic amines is 1. The van der Waals surface area contributed by atoms with Crippen LogP contribution in [-0.2, 0) is 38.7 Å². The van der Waals surface area contributed by atoms with Gasteiger partial charge in [-0.05, 0) is 0 Å². The van der Waals surface area contributed by atoms with E-state index in [9.17, 15) is 0 Å². The number of rotatable bonds is 3. The molecule has 0 aromatic carbocycles. The maximum Gasteiger partial charge on any atom is 1.00 e. The Bertz CT molecular complexity index is 206. The van der Waals surface area contributed by atoms with Crippen molar-refractivity contribution in [3.8, 4) is 0 Å². The third-order valence-electron chi connectivity index (χ3n) is 2.15. The van der Waals surface area contributed by atoms with Gasteiger partial charge in [0.15, 0.2) is 0 Å². The summed E-state index contributed by atoms with van der Waals surface area (Å²) >= 11 is 0. The minimum absolute atomic E-state index is 0. The van der Waals surface area contributed by atoms with Crippen LogP contribution in [0.4, 0.5) is 0 Å². The van der Waals surface area contributed by atoms with Gasteiger partial charge in [-0.15, -0.1) is 11.9 Å². The van der Waals surface area contributed by atoms with E-state index in [1.54, 1.807) is 0 Å². The molecule has 1 heterocycles. The van der Waals surface area contributed by atoms with Gasteiger partial charge in [-0.1, -0.05) is 40.0 Å². The molecular formula is C10H16NRu. The van der Waals surface area contributed by atoms with Gasteiger partial charge in [0, 0.05) is 0 Å². The van der Waals surface area contributed by atoms with Crippen LogP contribution in [0.1, 0.15) is 37.6 Å². The van der Waals surface area contributed by atoms with Crippen molar-refractivity contribution in [1.29, 1.82) is 0 Å². The van der Waals surface area contributed by atoms with Crippen molar-refractivity contribution in [2.45, 2.75) is 40.0 Å². The summed E-state index contributed by atoms with van der Waals surface area (Å²) in [4.78, 5) is 3.20. The molecular weight excluding hydrogens is 235 g/mol. The number of H-pyrrole nitrogens is 1. The third-order valence-corrected chi connectivity index (χ3v) is 2.15. The molecule has 0 fully saturated rings. The van der Waals surface area contributed by atoms with Gasteiger partial charge in [-0.2, -0.15) is 11.1 Å². The van der Waals surface area contributed by atoms with E-state index in [0.29, 0.717) is 0 Å². The molecule has 1 radical (unpaired) electrons. The average molecular weight is 251 g/mol. The summed E-state index contributed by atoms with van der Waals surface area (Å²) in [7, 11) is 0. The van der Waals surface area contributed by atoms with E-state index < -0.39 is 0 Å². The van der Waals surface area contributed by atoms with Crippen molar-refractivity contribution in [3.05, 3.63) is 23.0 Å². The zero-order valence-corrected chi connectivity index (χ0v) is 9.71. The molecule has 2 heteroatoms. The maximum absolute atomic E-state index is 3.20. The smallest absolute Gasteiger partial charge is 0.481 e. The predicted molar refractivity (Wildman–Crippen MR) is 47.8 cm³/mol. The second kappa shape index (κ2) is 5.53. The molecule has 1 nitrogen and oxygen atoms in total. The Morgan fingerprint density at radius 3 is 2.17 bits per heavy atom. The molecule has 0 aliphatic heterocycles. The summed E-state index contributed by atoms with van der Waals surface area (Å²) in [5, 5.41) is 0. The molecule has 1 N–H and O–H groups in total. The summed E-state index contributed by atoms with van der Waals surface area (Å²) in [5.74, 6) is 0. The first-order valence-electron chi connectivity index (χ1n) is 4.43. The van der Waals surface area contributed by atoms with E-state index in [0.717, 1.165) is 19.3 Å². The van der Waals surface area contributed by atoms with Crippen LogP contribution in [0, 0.1) is 6.20 Å². The Morgan fingerprint density at radius 1 is 1.08 bits per heavy atom. The zero-order chi connectivity index (χ0) is 8.27. The van der Waals surface area contributed by atoms with Crippen LogP contribution in [-0.4, -0.2) is 4.98 Å². The van der Waals surface area contributed by atoms with Gasteiger partial charge >= 0.3 is 19.5 Å². The number of hydrogen-bond acceptors (Lipinski definition) is 0. The SMILES string of the molecule is CCc1[c-][nH]c(CC)c1CC.[Ru+]. The van der Waals surface area contributed by atoms with Crippen LogP contribution in [0.5, 0.6) is 0 Å². The summed E-state index contributed by atoms with van der Waals surface area (Å²) in [6.45, 7) is 6.56. The Labute approximate surface area is 87.7 Å². The topological polar surface area (TPSA) is 15.8 Å². The van der Waals surface area contributed by atoms with Crippen molar-refractivity contribution in [3.63, 3.8) is 0 Å². The molecule has 0 saturated heterocycles. The van der Waals surface area contributed by atoms with Gasteiger partial charge in [-0.3, -0.25) is 0 Å². The molecule has 0 bridgehead atoms. The summed E-state index contributed by atoms with van der Waals surface area (Å²) in [6, 6.07) is 0. The standard InChI is InChI=1S/C10H16N.Ru/c1-4-8-7-11-10(6-3)9(8)5-2;/h11H,4-6H2,1-3H3;/q-1;+1. The first kappa shape index (κ1) is 11.9. The third kappa shape index (κ3) is 2.20. The largest absolute Gasteiger partial charge is 1.00 e. The summed E-state index contributed by atoms with van der Waals surface area (Å²) in [5.41, 5.74) is 4.21. The molecule has 0 spiro atoms. The Balaban J connectivity index is 0.00000121. The number of aryl methyl sites for hydroxylation is 2. The van der Waals surface area contributed by atoms with E-state index in [2.05, 4.69) is 32.0 Å². The Kier molecular flexibility index (Phi) is 5.49. The summed E-state index contributed by atoms with van der Waals surface area (Å²) in [6.07, 6.45) is 6.53. The Hall–Kier alpha value is -0.0966. The van der Waals surface area contributed by atoms with Crippen LogP contribution in [0.15, 0.2) is 0 Å². The predicted octanol–water partition coefficient (Wildman–Crippen LogP) is 2.50. The van der Waals surface area contributed by atoms with Crippen molar-refractivity contribution in [2.24, 2.45) is 0 Å². The maximum atomic E-state index is 3.20. The van der Waals surface area contributed by atoms with E-state index in [1.165, 1.54) is 16.8 Å². The van der Waals surface area contributed by atoms with Crippen molar-refractivity contribution in [1.82, 2.24) is 4.98 Å². The first-order valence-corrected chi connectivity index (χ1v) is 4.43. The average Bonchev–Trinajstić information content (AvgIpc) is 2.45. The molecule has 1 rings (SSSR count). The van der Waals surface area contributed by atoms with Crippen molar-refractivity contribution in [2.75, 3.05) is 0 Å². The van der Waals surface area contributed by atoms with Gasteiger partial charge in [0.25, 0.3) is 0 Å². The van der Waals surface area contributed by atoms with Crippen LogP contribution in [0.25, 0.3) is 0 Å². The monoisotopic (exact) mass is 252 g/mol. The van der Waals surface area contributed by atoms with Gasteiger partial charge in [0.05, 0.1) is 0 Å². The fourth-order valence-corrected chi connectivity index (χ4v) is 1.51. The van der Waals surface area contributed by atoms with E-state index in [-0.39, 0.29) is 19.5 Å². The van der Waals surface area contributed by atoms with E-state index >= 15 is 0 Å². The quantitative estimate of drug-likeness (QED) is 0.627. The van der Waals surface area contributed by atoms with Gasteiger partial charge in [0.2, 0.25) is 0 Å². The number of aromatic nitrogens is 1. The Morgan fingerprint density at radius 2 is 1.75 bits per heavy atom. The first-order chi connectivity index (χ1) is 5.33. The second-order valence-corrected chi connectivity index (χ2v) is 2.75. The van der Waals surface area contributed by atoms with Crippen LogP contribution in [0.3, 0.4) is 0 Å². The minimum atomic E-state index is 0. The van der Waals surface area contributed by atoms with Crippen molar-refractivity contribution < 1.29 is 19.5 Å². The van der Waals surface area contributed by atoms with Crippen LogP contribution < -0.4 is 0 Å².